The molecule has 7 nitrogen and oxygen atoms in total. The van der Waals surface area contributed by atoms with Crippen LogP contribution in [-0.2, 0) is 42.0 Å². The van der Waals surface area contributed by atoms with Gasteiger partial charge in [0.05, 0.1) is 18.1 Å². The van der Waals surface area contributed by atoms with Crippen LogP contribution in [0.2, 0.25) is 0 Å². The van der Waals surface area contributed by atoms with Crippen LogP contribution < -0.4 is 0 Å². The number of rotatable bonds is 11. The number of aryl methyl sites for hydroxylation is 2. The third-order valence-electron chi connectivity index (χ3n) is 3.49. The first-order valence-electron chi connectivity index (χ1n) is 8.67. The van der Waals surface area contributed by atoms with Gasteiger partial charge in [-0.1, -0.05) is 19.9 Å². The highest BCUT2D eigenvalue weighted by atomic mass is 32.2. The van der Waals surface area contributed by atoms with Gasteiger partial charge in [-0.15, -0.1) is 0 Å². The zero-order valence-corrected chi connectivity index (χ0v) is 16.0. The first kappa shape index (κ1) is 22.1. The SMILES string of the molecule is CCCOC(=O)CCc1cc(CCC(=O)OCCC)cc(S(=O)(=O)O)c1. The second-order valence-corrected chi connectivity index (χ2v) is 7.32. The van der Waals surface area contributed by atoms with Gasteiger partial charge in [0.25, 0.3) is 10.1 Å². The number of esters is 2. The number of benzene rings is 1. The lowest BCUT2D eigenvalue weighted by molar-refractivity contribution is -0.144. The van der Waals surface area contributed by atoms with Gasteiger partial charge in [-0.05, 0) is 48.9 Å². The quantitative estimate of drug-likeness (QED) is 0.460. The van der Waals surface area contributed by atoms with Crippen molar-refractivity contribution in [2.75, 3.05) is 13.2 Å². The molecule has 0 radical (unpaired) electrons. The van der Waals surface area contributed by atoms with Crippen molar-refractivity contribution in [1.82, 2.24) is 0 Å². The van der Waals surface area contributed by atoms with Crippen molar-refractivity contribution < 1.29 is 32.0 Å². The average Bonchev–Trinajstić information content (AvgIpc) is 2.60. The average molecular weight is 386 g/mol. The van der Waals surface area contributed by atoms with Crippen LogP contribution in [-0.4, -0.2) is 38.1 Å². The predicted molar refractivity (Wildman–Crippen MR) is 95.4 cm³/mol. The van der Waals surface area contributed by atoms with E-state index in [1.54, 1.807) is 6.07 Å². The summed E-state index contributed by atoms with van der Waals surface area (Å²) >= 11 is 0. The number of hydrogen-bond donors (Lipinski definition) is 1. The Morgan fingerprint density at radius 2 is 1.31 bits per heavy atom. The Morgan fingerprint density at radius 3 is 1.65 bits per heavy atom. The minimum atomic E-state index is -4.39. The molecule has 1 aromatic carbocycles. The van der Waals surface area contributed by atoms with Gasteiger partial charge < -0.3 is 9.47 Å². The summed E-state index contributed by atoms with van der Waals surface area (Å²) in [6, 6.07) is 4.36. The Balaban J connectivity index is 2.83. The Labute approximate surface area is 154 Å². The summed E-state index contributed by atoms with van der Waals surface area (Å²) in [5.74, 6) is -0.734. The summed E-state index contributed by atoms with van der Waals surface area (Å²) < 4.78 is 42.2. The van der Waals surface area contributed by atoms with E-state index in [0.717, 1.165) is 12.8 Å². The number of ether oxygens (including phenoxy) is 2. The maximum Gasteiger partial charge on any atom is 0.306 e. The Bertz CT molecular complexity index is 668. The molecule has 0 bridgehead atoms. The standard InChI is InChI=1S/C18H26O7S/c1-3-9-24-17(19)7-5-14-11-15(6-8-18(20)25-10-4-2)13-16(12-14)26(21,22)23/h11-13H,3-10H2,1-2H3,(H,21,22,23). The summed E-state index contributed by atoms with van der Waals surface area (Å²) in [5.41, 5.74) is 1.15. The molecule has 0 amide bonds. The molecular weight excluding hydrogens is 360 g/mol. The first-order chi connectivity index (χ1) is 12.3. The van der Waals surface area contributed by atoms with Gasteiger partial charge in [0.15, 0.2) is 0 Å². The van der Waals surface area contributed by atoms with E-state index < -0.39 is 10.1 Å². The van der Waals surface area contributed by atoms with Crippen LogP contribution in [0.4, 0.5) is 0 Å². The molecule has 0 atom stereocenters. The van der Waals surface area contributed by atoms with E-state index in [-0.39, 0.29) is 42.5 Å². The largest absolute Gasteiger partial charge is 0.466 e. The van der Waals surface area contributed by atoms with Crippen molar-refractivity contribution in [3.8, 4) is 0 Å². The molecule has 0 aliphatic heterocycles. The highest BCUT2D eigenvalue weighted by Crippen LogP contribution is 2.18. The summed E-state index contributed by atoms with van der Waals surface area (Å²) in [6.45, 7) is 4.46. The van der Waals surface area contributed by atoms with Crippen LogP contribution in [0.1, 0.15) is 50.7 Å². The fraction of sp³-hybridized carbons (Fsp3) is 0.556. The molecule has 0 saturated heterocycles. The molecule has 26 heavy (non-hydrogen) atoms. The topological polar surface area (TPSA) is 107 Å². The van der Waals surface area contributed by atoms with Crippen LogP contribution in [0, 0.1) is 0 Å². The minimum Gasteiger partial charge on any atom is -0.466 e. The fourth-order valence-electron chi connectivity index (χ4n) is 2.24. The van der Waals surface area contributed by atoms with E-state index in [9.17, 15) is 22.6 Å². The zero-order chi connectivity index (χ0) is 19.6. The predicted octanol–water partition coefficient (Wildman–Crippen LogP) is 2.70. The maximum atomic E-state index is 11.6. The van der Waals surface area contributed by atoms with Crippen LogP contribution in [0.3, 0.4) is 0 Å². The number of carbonyl (C=O) groups excluding carboxylic acids is 2. The molecule has 8 heteroatoms. The van der Waals surface area contributed by atoms with Crippen molar-refractivity contribution in [3.05, 3.63) is 29.3 Å². The molecule has 0 aromatic heterocycles. The Kier molecular flexibility index (Phi) is 9.29. The Morgan fingerprint density at radius 1 is 0.885 bits per heavy atom. The molecule has 0 unspecified atom stereocenters. The van der Waals surface area contributed by atoms with E-state index in [2.05, 4.69) is 0 Å². The van der Waals surface area contributed by atoms with E-state index in [0.29, 0.717) is 24.3 Å². The van der Waals surface area contributed by atoms with Gasteiger partial charge in [0, 0.05) is 12.8 Å². The second-order valence-electron chi connectivity index (χ2n) is 5.90. The summed E-state index contributed by atoms with van der Waals surface area (Å²) in [6.07, 6.45) is 2.21. The third kappa shape index (κ3) is 8.44. The van der Waals surface area contributed by atoms with Crippen molar-refractivity contribution in [3.63, 3.8) is 0 Å². The lowest BCUT2D eigenvalue weighted by Gasteiger charge is -2.09. The molecule has 146 valence electrons. The second kappa shape index (κ2) is 10.9. The molecule has 0 spiro atoms. The van der Waals surface area contributed by atoms with Crippen LogP contribution >= 0.6 is 0 Å². The molecule has 1 aromatic rings. The van der Waals surface area contributed by atoms with Crippen LogP contribution in [0.15, 0.2) is 23.1 Å². The summed E-state index contributed by atoms with van der Waals surface area (Å²) in [7, 11) is -4.39. The van der Waals surface area contributed by atoms with E-state index in [1.807, 2.05) is 13.8 Å². The molecule has 0 aliphatic carbocycles. The molecule has 0 fully saturated rings. The fourth-order valence-corrected chi connectivity index (χ4v) is 2.84. The zero-order valence-electron chi connectivity index (χ0n) is 15.2. The van der Waals surface area contributed by atoms with Gasteiger partial charge in [-0.3, -0.25) is 14.1 Å². The molecule has 0 aliphatic rings. The molecule has 0 saturated carbocycles. The van der Waals surface area contributed by atoms with Gasteiger partial charge in [0.1, 0.15) is 0 Å². The number of hydrogen-bond acceptors (Lipinski definition) is 6. The normalized spacial score (nSPS) is 11.2. The minimum absolute atomic E-state index is 0.104. The molecule has 1 N–H and O–H groups in total. The van der Waals surface area contributed by atoms with E-state index in [1.165, 1.54) is 12.1 Å². The van der Waals surface area contributed by atoms with Crippen LogP contribution in [0.5, 0.6) is 0 Å². The lowest BCUT2D eigenvalue weighted by Crippen LogP contribution is -2.09. The summed E-state index contributed by atoms with van der Waals surface area (Å²) in [4.78, 5) is 23.0. The van der Waals surface area contributed by atoms with E-state index >= 15 is 0 Å². The van der Waals surface area contributed by atoms with Gasteiger partial charge >= 0.3 is 11.9 Å². The highest BCUT2D eigenvalue weighted by Gasteiger charge is 2.14. The first-order valence-corrected chi connectivity index (χ1v) is 10.1. The van der Waals surface area contributed by atoms with Crippen molar-refractivity contribution in [1.29, 1.82) is 0 Å². The molecule has 0 heterocycles. The van der Waals surface area contributed by atoms with Gasteiger partial charge in [0.2, 0.25) is 0 Å². The lowest BCUT2D eigenvalue weighted by atomic mass is 10.0. The third-order valence-corrected chi connectivity index (χ3v) is 4.33. The van der Waals surface area contributed by atoms with Crippen molar-refractivity contribution in [2.24, 2.45) is 0 Å². The maximum absolute atomic E-state index is 11.6. The van der Waals surface area contributed by atoms with Gasteiger partial charge in [-0.2, -0.15) is 8.42 Å². The molecule has 1 rings (SSSR count). The number of carbonyl (C=O) groups is 2. The van der Waals surface area contributed by atoms with Gasteiger partial charge in [-0.25, -0.2) is 0 Å². The van der Waals surface area contributed by atoms with E-state index in [4.69, 9.17) is 9.47 Å². The highest BCUT2D eigenvalue weighted by molar-refractivity contribution is 7.85. The summed E-state index contributed by atoms with van der Waals surface area (Å²) in [5, 5.41) is 0. The smallest absolute Gasteiger partial charge is 0.306 e. The van der Waals surface area contributed by atoms with Crippen molar-refractivity contribution >= 4 is 22.1 Å². The monoisotopic (exact) mass is 386 g/mol. The Hall–Kier alpha value is -1.93. The van der Waals surface area contributed by atoms with Crippen molar-refractivity contribution in [2.45, 2.75) is 57.3 Å². The van der Waals surface area contributed by atoms with Crippen LogP contribution in [0.25, 0.3) is 0 Å². The molecular formula is C18H26O7S.